The molecule has 0 aromatic heterocycles. The highest BCUT2D eigenvalue weighted by molar-refractivity contribution is 7.80. The summed E-state index contributed by atoms with van der Waals surface area (Å²) >= 11 is 4.47. The third-order valence-electron chi connectivity index (χ3n) is 3.34. The van der Waals surface area contributed by atoms with Gasteiger partial charge in [0.15, 0.2) is 0 Å². The fourth-order valence-electron chi connectivity index (χ4n) is 2.13. The lowest BCUT2D eigenvalue weighted by Gasteiger charge is -2.34. The smallest absolute Gasteiger partial charge is 0.0110 e. The van der Waals surface area contributed by atoms with E-state index in [1.807, 2.05) is 0 Å². The van der Waals surface area contributed by atoms with Gasteiger partial charge in [0, 0.05) is 32.7 Å². The molecule has 2 nitrogen and oxygen atoms in total. The Morgan fingerprint density at radius 1 is 1.20 bits per heavy atom. The molecular formula is C12H26N2S. The van der Waals surface area contributed by atoms with Crippen LogP contribution in [0.25, 0.3) is 0 Å². The van der Waals surface area contributed by atoms with E-state index in [2.05, 4.69) is 36.4 Å². The topological polar surface area (TPSA) is 6.48 Å². The van der Waals surface area contributed by atoms with E-state index in [4.69, 9.17) is 0 Å². The van der Waals surface area contributed by atoms with Gasteiger partial charge in [0.05, 0.1) is 0 Å². The average molecular weight is 230 g/mol. The van der Waals surface area contributed by atoms with Crippen LogP contribution in [0.5, 0.6) is 0 Å². The fraction of sp³-hybridized carbons (Fsp3) is 1.00. The molecule has 0 aromatic rings. The Labute approximate surface area is 100 Å². The van der Waals surface area contributed by atoms with Crippen molar-refractivity contribution in [3.63, 3.8) is 0 Å². The molecule has 0 saturated carbocycles. The third-order valence-corrected chi connectivity index (χ3v) is 3.85. The van der Waals surface area contributed by atoms with Crippen LogP contribution in [0.4, 0.5) is 0 Å². The highest BCUT2D eigenvalue weighted by Gasteiger charge is 2.17. The maximum Gasteiger partial charge on any atom is 0.0110 e. The van der Waals surface area contributed by atoms with Gasteiger partial charge in [-0.15, -0.1) is 0 Å². The van der Waals surface area contributed by atoms with Gasteiger partial charge in [-0.05, 0) is 25.1 Å². The van der Waals surface area contributed by atoms with Gasteiger partial charge in [-0.25, -0.2) is 0 Å². The first kappa shape index (κ1) is 13.3. The quantitative estimate of drug-likeness (QED) is 0.697. The Hall–Kier alpha value is 0.270. The van der Waals surface area contributed by atoms with Crippen LogP contribution in [0, 0.1) is 5.92 Å². The van der Waals surface area contributed by atoms with Crippen LogP contribution in [0.3, 0.4) is 0 Å². The van der Waals surface area contributed by atoms with E-state index in [1.165, 1.54) is 52.0 Å². The number of unbranched alkanes of at least 4 members (excludes halogenated alkanes) is 1. The fourth-order valence-corrected chi connectivity index (χ4v) is 2.43. The maximum absolute atomic E-state index is 4.47. The zero-order chi connectivity index (χ0) is 11.1. The van der Waals surface area contributed by atoms with E-state index in [0.717, 1.165) is 11.7 Å². The first-order valence-corrected chi connectivity index (χ1v) is 6.91. The lowest BCUT2D eigenvalue weighted by atomic mass is 10.0. The molecule has 1 heterocycles. The Bertz CT molecular complexity index is 153. The van der Waals surface area contributed by atoms with Crippen molar-refractivity contribution in [2.45, 2.75) is 26.2 Å². The first-order valence-electron chi connectivity index (χ1n) is 6.28. The summed E-state index contributed by atoms with van der Waals surface area (Å²) < 4.78 is 0. The molecule has 1 unspecified atom stereocenters. The largest absolute Gasteiger partial charge is 0.304 e. The number of hydrogen-bond donors (Lipinski definition) is 1. The van der Waals surface area contributed by atoms with E-state index < -0.39 is 0 Å². The van der Waals surface area contributed by atoms with Crippen molar-refractivity contribution >= 4 is 12.6 Å². The molecule has 1 atom stereocenters. The van der Waals surface area contributed by atoms with Crippen LogP contribution in [-0.4, -0.2) is 55.3 Å². The number of thiol groups is 1. The average Bonchev–Trinajstić information content (AvgIpc) is 2.27. The predicted molar refractivity (Wildman–Crippen MR) is 70.8 cm³/mol. The maximum atomic E-state index is 4.47. The lowest BCUT2D eigenvalue weighted by molar-refractivity contribution is 0.137. The van der Waals surface area contributed by atoms with Crippen LogP contribution in [0.2, 0.25) is 0 Å². The molecular weight excluding hydrogens is 204 g/mol. The SMILES string of the molecule is CCCCC(CS)CN1CCN(C)CC1. The molecule has 0 N–H and O–H groups in total. The summed E-state index contributed by atoms with van der Waals surface area (Å²) in [6.45, 7) is 8.47. The number of rotatable bonds is 6. The van der Waals surface area contributed by atoms with Crippen molar-refractivity contribution in [3.8, 4) is 0 Å². The molecule has 1 aliphatic rings. The second-order valence-corrected chi connectivity index (χ2v) is 5.16. The van der Waals surface area contributed by atoms with Crippen LogP contribution < -0.4 is 0 Å². The van der Waals surface area contributed by atoms with Crippen LogP contribution in [0.1, 0.15) is 26.2 Å². The summed E-state index contributed by atoms with van der Waals surface area (Å²) in [4.78, 5) is 5.02. The number of hydrogen-bond acceptors (Lipinski definition) is 3. The summed E-state index contributed by atoms with van der Waals surface area (Å²) in [5, 5.41) is 0. The number of piperazine rings is 1. The summed E-state index contributed by atoms with van der Waals surface area (Å²) in [7, 11) is 2.21. The van der Waals surface area contributed by atoms with Gasteiger partial charge in [-0.2, -0.15) is 12.6 Å². The highest BCUT2D eigenvalue weighted by atomic mass is 32.1. The van der Waals surface area contributed by atoms with E-state index >= 15 is 0 Å². The number of likely N-dealkylation sites (N-methyl/N-ethyl adjacent to an activating group) is 1. The zero-order valence-electron chi connectivity index (χ0n) is 10.3. The van der Waals surface area contributed by atoms with Gasteiger partial charge >= 0.3 is 0 Å². The Balaban J connectivity index is 2.19. The minimum atomic E-state index is 0.802. The molecule has 0 aromatic carbocycles. The molecule has 1 fully saturated rings. The molecule has 1 aliphatic heterocycles. The molecule has 1 saturated heterocycles. The molecule has 0 amide bonds. The van der Waals surface area contributed by atoms with Crippen molar-refractivity contribution in [3.05, 3.63) is 0 Å². The first-order chi connectivity index (χ1) is 7.26. The van der Waals surface area contributed by atoms with Gasteiger partial charge in [0.1, 0.15) is 0 Å². The summed E-state index contributed by atoms with van der Waals surface area (Å²) in [5.74, 6) is 1.85. The van der Waals surface area contributed by atoms with Crippen LogP contribution in [-0.2, 0) is 0 Å². The molecule has 3 heteroatoms. The van der Waals surface area contributed by atoms with E-state index in [-0.39, 0.29) is 0 Å². The molecule has 0 bridgehead atoms. The summed E-state index contributed by atoms with van der Waals surface area (Å²) in [6, 6.07) is 0. The predicted octanol–water partition coefficient (Wildman–Crippen LogP) is 1.97. The van der Waals surface area contributed by atoms with Crippen LogP contribution in [0.15, 0.2) is 0 Å². The van der Waals surface area contributed by atoms with Gasteiger partial charge in [-0.1, -0.05) is 19.8 Å². The summed E-state index contributed by atoms with van der Waals surface area (Å²) in [6.07, 6.45) is 4.03. The van der Waals surface area contributed by atoms with E-state index in [0.29, 0.717) is 0 Å². The van der Waals surface area contributed by atoms with Gasteiger partial charge in [0.2, 0.25) is 0 Å². The van der Waals surface area contributed by atoms with Gasteiger partial charge < -0.3 is 9.80 Å². The molecule has 0 aliphatic carbocycles. The second-order valence-electron chi connectivity index (χ2n) is 4.79. The van der Waals surface area contributed by atoms with Gasteiger partial charge in [-0.3, -0.25) is 0 Å². The van der Waals surface area contributed by atoms with E-state index in [9.17, 15) is 0 Å². The van der Waals surface area contributed by atoms with Crippen molar-refractivity contribution in [1.82, 2.24) is 9.80 Å². The Morgan fingerprint density at radius 3 is 2.40 bits per heavy atom. The molecule has 15 heavy (non-hydrogen) atoms. The standard InChI is InChI=1S/C12H26N2S/c1-3-4-5-12(11-15)10-14-8-6-13(2)7-9-14/h12,15H,3-11H2,1-2H3. The summed E-state index contributed by atoms with van der Waals surface area (Å²) in [5.41, 5.74) is 0. The van der Waals surface area contributed by atoms with Crippen LogP contribution >= 0.6 is 12.6 Å². The normalized spacial score (nSPS) is 21.8. The molecule has 90 valence electrons. The van der Waals surface area contributed by atoms with Crippen molar-refractivity contribution in [2.24, 2.45) is 5.92 Å². The van der Waals surface area contributed by atoms with Crippen molar-refractivity contribution < 1.29 is 0 Å². The second kappa shape index (κ2) is 7.53. The molecule has 1 rings (SSSR count). The molecule has 0 radical (unpaired) electrons. The lowest BCUT2D eigenvalue weighted by Crippen LogP contribution is -2.46. The minimum Gasteiger partial charge on any atom is -0.304 e. The highest BCUT2D eigenvalue weighted by Crippen LogP contribution is 2.13. The third kappa shape index (κ3) is 5.23. The zero-order valence-corrected chi connectivity index (χ0v) is 11.2. The monoisotopic (exact) mass is 230 g/mol. The minimum absolute atomic E-state index is 0.802. The molecule has 0 spiro atoms. The van der Waals surface area contributed by atoms with E-state index in [1.54, 1.807) is 0 Å². The van der Waals surface area contributed by atoms with Crippen molar-refractivity contribution in [1.29, 1.82) is 0 Å². The Kier molecular flexibility index (Phi) is 6.69. The number of nitrogens with zero attached hydrogens (tertiary/aromatic N) is 2. The van der Waals surface area contributed by atoms with Gasteiger partial charge in [0.25, 0.3) is 0 Å². The Morgan fingerprint density at radius 2 is 1.87 bits per heavy atom. The van der Waals surface area contributed by atoms with Crippen molar-refractivity contribution in [2.75, 3.05) is 45.5 Å².